The Labute approximate surface area is 126 Å². The number of aliphatic hydroxyl groups is 2. The first-order valence-electron chi connectivity index (χ1n) is 8.75. The fraction of sp³-hybridized carbons (Fsp3) is 0.889. The van der Waals surface area contributed by atoms with Crippen LogP contribution in [0.5, 0.6) is 0 Å². The topological polar surface area (TPSA) is 40.5 Å². The average molecular weight is 284 g/mol. The summed E-state index contributed by atoms with van der Waals surface area (Å²) >= 11 is 0. The van der Waals surface area contributed by atoms with Gasteiger partial charge in [0.25, 0.3) is 0 Å². The molecule has 0 amide bonds. The first-order valence-corrected chi connectivity index (χ1v) is 8.75. The Hall–Kier alpha value is -0.340. The lowest BCUT2D eigenvalue weighted by atomic mass is 10.1. The second-order valence-electron chi connectivity index (χ2n) is 5.93. The molecule has 0 aromatic heterocycles. The molecule has 0 bridgehead atoms. The SMILES string of the molecule is CCCCCCCCC[C@H](O)/C=C/[C@@H](O)CCCCC. The van der Waals surface area contributed by atoms with Crippen LogP contribution >= 0.6 is 0 Å². The molecule has 2 heteroatoms. The van der Waals surface area contributed by atoms with Crippen molar-refractivity contribution in [1.29, 1.82) is 0 Å². The molecule has 0 aliphatic carbocycles. The summed E-state index contributed by atoms with van der Waals surface area (Å²) in [5, 5.41) is 19.5. The molecule has 0 aromatic carbocycles. The lowest BCUT2D eigenvalue weighted by Crippen LogP contribution is -2.06. The molecule has 2 atom stereocenters. The zero-order valence-electron chi connectivity index (χ0n) is 13.7. The van der Waals surface area contributed by atoms with Crippen LogP contribution in [0.15, 0.2) is 12.2 Å². The third-order valence-corrected chi connectivity index (χ3v) is 3.76. The van der Waals surface area contributed by atoms with Crippen molar-refractivity contribution in [2.45, 2.75) is 103 Å². The molecule has 0 aliphatic heterocycles. The van der Waals surface area contributed by atoms with Gasteiger partial charge in [-0.2, -0.15) is 0 Å². The van der Waals surface area contributed by atoms with Gasteiger partial charge in [-0.25, -0.2) is 0 Å². The molecule has 2 nitrogen and oxygen atoms in total. The highest BCUT2D eigenvalue weighted by molar-refractivity contribution is 4.93. The molecule has 0 saturated heterocycles. The maximum atomic E-state index is 9.81. The van der Waals surface area contributed by atoms with Gasteiger partial charge in [0.05, 0.1) is 12.2 Å². The highest BCUT2D eigenvalue weighted by Crippen LogP contribution is 2.11. The van der Waals surface area contributed by atoms with Crippen molar-refractivity contribution in [1.82, 2.24) is 0 Å². The van der Waals surface area contributed by atoms with Crippen LogP contribution in [-0.4, -0.2) is 22.4 Å². The zero-order chi connectivity index (χ0) is 15.1. The molecule has 2 N–H and O–H groups in total. The van der Waals surface area contributed by atoms with Crippen molar-refractivity contribution in [3.63, 3.8) is 0 Å². The minimum atomic E-state index is -0.384. The Balaban J connectivity index is 3.44. The Morgan fingerprint density at radius 1 is 0.600 bits per heavy atom. The molecule has 0 fully saturated rings. The Morgan fingerprint density at radius 3 is 1.45 bits per heavy atom. The Morgan fingerprint density at radius 2 is 0.950 bits per heavy atom. The minimum absolute atomic E-state index is 0.383. The van der Waals surface area contributed by atoms with E-state index in [1.165, 1.54) is 51.4 Å². The molecular weight excluding hydrogens is 248 g/mol. The molecule has 0 heterocycles. The van der Waals surface area contributed by atoms with E-state index >= 15 is 0 Å². The van der Waals surface area contributed by atoms with Crippen LogP contribution in [0.2, 0.25) is 0 Å². The van der Waals surface area contributed by atoms with Gasteiger partial charge in [0.1, 0.15) is 0 Å². The molecule has 120 valence electrons. The van der Waals surface area contributed by atoms with E-state index in [-0.39, 0.29) is 12.2 Å². The van der Waals surface area contributed by atoms with E-state index in [0.29, 0.717) is 0 Å². The number of unbranched alkanes of at least 4 members (excludes halogenated alkanes) is 8. The zero-order valence-corrected chi connectivity index (χ0v) is 13.7. The first-order chi connectivity index (χ1) is 9.70. The molecule has 0 rings (SSSR count). The highest BCUT2D eigenvalue weighted by atomic mass is 16.3. The number of rotatable bonds is 14. The van der Waals surface area contributed by atoms with Gasteiger partial charge in [-0.05, 0) is 12.8 Å². The smallest absolute Gasteiger partial charge is 0.0721 e. The predicted octanol–water partition coefficient (Wildman–Crippen LogP) is 4.99. The first kappa shape index (κ1) is 19.7. The van der Waals surface area contributed by atoms with Gasteiger partial charge in [0, 0.05) is 0 Å². The fourth-order valence-corrected chi connectivity index (χ4v) is 2.36. The fourth-order valence-electron chi connectivity index (χ4n) is 2.36. The maximum Gasteiger partial charge on any atom is 0.0721 e. The van der Waals surface area contributed by atoms with E-state index in [1.54, 1.807) is 12.2 Å². The molecule has 0 unspecified atom stereocenters. The van der Waals surface area contributed by atoms with Gasteiger partial charge in [0.15, 0.2) is 0 Å². The average Bonchev–Trinajstić information content (AvgIpc) is 2.44. The van der Waals surface area contributed by atoms with Crippen LogP contribution in [0.1, 0.15) is 90.9 Å². The summed E-state index contributed by atoms with van der Waals surface area (Å²) in [5.74, 6) is 0. The lowest BCUT2D eigenvalue weighted by molar-refractivity contribution is 0.192. The quantitative estimate of drug-likeness (QED) is 0.348. The largest absolute Gasteiger partial charge is 0.389 e. The third-order valence-electron chi connectivity index (χ3n) is 3.76. The summed E-state index contributed by atoms with van der Waals surface area (Å²) < 4.78 is 0. The summed E-state index contributed by atoms with van der Waals surface area (Å²) in [6.45, 7) is 4.40. The van der Waals surface area contributed by atoms with E-state index in [1.807, 2.05) is 0 Å². The molecule has 0 aliphatic rings. The minimum Gasteiger partial charge on any atom is -0.389 e. The monoisotopic (exact) mass is 284 g/mol. The van der Waals surface area contributed by atoms with Gasteiger partial charge in [-0.15, -0.1) is 0 Å². The van der Waals surface area contributed by atoms with Crippen LogP contribution in [0.25, 0.3) is 0 Å². The maximum absolute atomic E-state index is 9.81. The second-order valence-corrected chi connectivity index (χ2v) is 5.93. The number of hydrogen-bond acceptors (Lipinski definition) is 2. The predicted molar refractivity (Wildman–Crippen MR) is 87.9 cm³/mol. The summed E-state index contributed by atoms with van der Waals surface area (Å²) in [5.41, 5.74) is 0. The van der Waals surface area contributed by atoms with Gasteiger partial charge in [-0.1, -0.05) is 90.2 Å². The molecule has 20 heavy (non-hydrogen) atoms. The standard InChI is InChI=1S/C18H36O2/c1-3-5-7-8-9-10-12-14-18(20)16-15-17(19)13-11-6-4-2/h15-20H,3-14H2,1-2H3/b16-15+/t17-,18-/m0/s1. The van der Waals surface area contributed by atoms with Crippen LogP contribution in [0, 0.1) is 0 Å². The Kier molecular flexibility index (Phi) is 14.8. The molecular formula is C18H36O2. The highest BCUT2D eigenvalue weighted by Gasteiger charge is 2.02. The van der Waals surface area contributed by atoms with Gasteiger partial charge >= 0.3 is 0 Å². The van der Waals surface area contributed by atoms with Crippen LogP contribution in [0.4, 0.5) is 0 Å². The van der Waals surface area contributed by atoms with Crippen molar-refractivity contribution in [2.24, 2.45) is 0 Å². The van der Waals surface area contributed by atoms with E-state index < -0.39 is 0 Å². The van der Waals surface area contributed by atoms with Crippen molar-refractivity contribution >= 4 is 0 Å². The summed E-state index contributed by atoms with van der Waals surface area (Å²) in [6.07, 6.45) is 16.7. The third kappa shape index (κ3) is 14.1. The molecule has 0 aromatic rings. The Bertz CT molecular complexity index is 213. The van der Waals surface area contributed by atoms with Gasteiger partial charge in [-0.3, -0.25) is 0 Å². The van der Waals surface area contributed by atoms with E-state index in [2.05, 4.69) is 13.8 Å². The second kappa shape index (κ2) is 15.1. The number of hydrogen-bond donors (Lipinski definition) is 2. The number of aliphatic hydroxyl groups excluding tert-OH is 2. The van der Waals surface area contributed by atoms with Crippen LogP contribution in [0.3, 0.4) is 0 Å². The van der Waals surface area contributed by atoms with Crippen molar-refractivity contribution in [2.75, 3.05) is 0 Å². The van der Waals surface area contributed by atoms with Gasteiger partial charge in [0.2, 0.25) is 0 Å². The van der Waals surface area contributed by atoms with Crippen LogP contribution < -0.4 is 0 Å². The van der Waals surface area contributed by atoms with Crippen molar-refractivity contribution in [3.8, 4) is 0 Å². The summed E-state index contributed by atoms with van der Waals surface area (Å²) in [6, 6.07) is 0. The molecule has 0 saturated carbocycles. The summed E-state index contributed by atoms with van der Waals surface area (Å²) in [4.78, 5) is 0. The van der Waals surface area contributed by atoms with Crippen molar-refractivity contribution in [3.05, 3.63) is 12.2 Å². The van der Waals surface area contributed by atoms with Crippen molar-refractivity contribution < 1.29 is 10.2 Å². The lowest BCUT2D eigenvalue weighted by Gasteiger charge is -2.08. The van der Waals surface area contributed by atoms with Gasteiger partial charge < -0.3 is 10.2 Å². The van der Waals surface area contributed by atoms with E-state index in [4.69, 9.17) is 0 Å². The molecule has 0 radical (unpaired) electrons. The summed E-state index contributed by atoms with van der Waals surface area (Å²) in [7, 11) is 0. The molecule has 0 spiro atoms. The van der Waals surface area contributed by atoms with Crippen LogP contribution in [-0.2, 0) is 0 Å². The van der Waals surface area contributed by atoms with E-state index in [9.17, 15) is 10.2 Å². The van der Waals surface area contributed by atoms with E-state index in [0.717, 1.165) is 25.7 Å². The normalized spacial score (nSPS) is 14.8.